The van der Waals surface area contributed by atoms with Crippen LogP contribution < -0.4 is 9.47 Å². The highest BCUT2D eigenvalue weighted by molar-refractivity contribution is 7.91. The maximum absolute atomic E-state index is 13.7. The monoisotopic (exact) mass is 543 g/mol. The van der Waals surface area contributed by atoms with Gasteiger partial charge in [0, 0.05) is 19.5 Å². The van der Waals surface area contributed by atoms with Crippen LogP contribution in [0.15, 0.2) is 60.9 Å². The number of para-hydroxylation sites is 1. The van der Waals surface area contributed by atoms with Crippen LogP contribution in [0.1, 0.15) is 24.5 Å². The summed E-state index contributed by atoms with van der Waals surface area (Å²) in [4.78, 5) is 8.64. The minimum Gasteiger partial charge on any atom is -0.494 e. The van der Waals surface area contributed by atoms with E-state index in [0.29, 0.717) is 39.4 Å². The molecular formula is C25H26ClN5O5S. The van der Waals surface area contributed by atoms with Crippen LogP contribution in [0, 0.1) is 0 Å². The fraction of sp³-hybridized carbons (Fsp3) is 0.280. The third-order valence-corrected chi connectivity index (χ3v) is 8.13. The zero-order valence-corrected chi connectivity index (χ0v) is 22.3. The van der Waals surface area contributed by atoms with Gasteiger partial charge in [-0.2, -0.15) is 0 Å². The summed E-state index contributed by atoms with van der Waals surface area (Å²) in [6.45, 7) is 1.57. The molecule has 4 rings (SSSR count). The van der Waals surface area contributed by atoms with Crippen molar-refractivity contribution in [1.29, 1.82) is 0 Å². The summed E-state index contributed by atoms with van der Waals surface area (Å²) in [6, 6.07) is 13.9. The highest BCUT2D eigenvalue weighted by atomic mass is 35.5. The summed E-state index contributed by atoms with van der Waals surface area (Å²) in [6.07, 6.45) is 2.25. The number of rotatable bonds is 10. The summed E-state index contributed by atoms with van der Waals surface area (Å²) in [7, 11) is 0.629. The number of hydrogen-bond donors (Lipinski definition) is 0. The van der Waals surface area contributed by atoms with Crippen LogP contribution in [-0.4, -0.2) is 59.7 Å². The second-order valence-electron chi connectivity index (χ2n) is 8.07. The van der Waals surface area contributed by atoms with Crippen molar-refractivity contribution in [2.24, 2.45) is 0 Å². The van der Waals surface area contributed by atoms with Crippen LogP contribution in [0.5, 0.6) is 11.5 Å². The van der Waals surface area contributed by atoms with E-state index in [0.717, 1.165) is 0 Å². The van der Waals surface area contributed by atoms with Crippen LogP contribution >= 0.6 is 11.6 Å². The van der Waals surface area contributed by atoms with Crippen LogP contribution in [0.4, 0.5) is 0 Å². The lowest BCUT2D eigenvalue weighted by Crippen LogP contribution is -2.29. The van der Waals surface area contributed by atoms with Gasteiger partial charge in [-0.1, -0.05) is 23.7 Å². The molecule has 0 fully saturated rings. The summed E-state index contributed by atoms with van der Waals surface area (Å²) in [5.41, 5.74) is 1.41. The Kier molecular flexibility index (Phi) is 8.06. The molecule has 3 aromatic heterocycles. The minimum atomic E-state index is -3.84. The Morgan fingerprint density at radius 2 is 1.68 bits per heavy atom. The van der Waals surface area contributed by atoms with Crippen molar-refractivity contribution in [3.05, 3.63) is 77.5 Å². The van der Waals surface area contributed by atoms with Gasteiger partial charge in [0.2, 0.25) is 0 Å². The first kappa shape index (κ1) is 26.5. The number of pyridine rings is 2. The molecule has 0 unspecified atom stereocenters. The first-order valence-electron chi connectivity index (χ1n) is 11.2. The molecule has 12 heteroatoms. The van der Waals surface area contributed by atoms with Gasteiger partial charge in [0.1, 0.15) is 34.7 Å². The SMILES string of the molecule is COc1cccc(OC)c1-n1c(CS(=O)(=O)[C@H](C)[C@@H](OC)c2ccc(Cl)cn2)nnc1-c1ccccn1. The average molecular weight is 544 g/mol. The molecule has 0 spiro atoms. The van der Waals surface area contributed by atoms with E-state index in [1.807, 2.05) is 6.07 Å². The fourth-order valence-corrected chi connectivity index (χ4v) is 5.51. The van der Waals surface area contributed by atoms with E-state index in [1.54, 1.807) is 60.2 Å². The third kappa shape index (κ3) is 5.43. The van der Waals surface area contributed by atoms with Gasteiger partial charge in [0.25, 0.3) is 0 Å². The van der Waals surface area contributed by atoms with Gasteiger partial charge < -0.3 is 14.2 Å². The molecule has 194 valence electrons. The fourth-order valence-electron chi connectivity index (χ4n) is 3.97. The Labute approximate surface area is 220 Å². The Morgan fingerprint density at radius 3 is 2.24 bits per heavy atom. The lowest BCUT2D eigenvalue weighted by molar-refractivity contribution is 0.0987. The molecule has 0 bridgehead atoms. The van der Waals surface area contributed by atoms with Gasteiger partial charge in [-0.05, 0) is 43.3 Å². The Hall–Kier alpha value is -3.54. The highest BCUT2D eigenvalue weighted by Gasteiger charge is 2.34. The van der Waals surface area contributed by atoms with E-state index in [1.165, 1.54) is 27.5 Å². The smallest absolute Gasteiger partial charge is 0.187 e. The van der Waals surface area contributed by atoms with Crippen molar-refractivity contribution in [2.75, 3.05) is 21.3 Å². The van der Waals surface area contributed by atoms with E-state index < -0.39 is 26.9 Å². The van der Waals surface area contributed by atoms with Crippen molar-refractivity contribution in [3.63, 3.8) is 0 Å². The van der Waals surface area contributed by atoms with Gasteiger partial charge in [-0.25, -0.2) is 8.42 Å². The van der Waals surface area contributed by atoms with Crippen LogP contribution in [0.25, 0.3) is 17.2 Å². The molecule has 0 aliphatic carbocycles. The summed E-state index contributed by atoms with van der Waals surface area (Å²) >= 11 is 5.95. The number of aromatic nitrogens is 5. The van der Waals surface area contributed by atoms with Crippen LogP contribution in [0.3, 0.4) is 0 Å². The lowest BCUT2D eigenvalue weighted by Gasteiger charge is -2.23. The maximum atomic E-state index is 13.7. The van der Waals surface area contributed by atoms with E-state index in [-0.39, 0.29) is 5.82 Å². The van der Waals surface area contributed by atoms with Gasteiger partial charge in [-0.3, -0.25) is 14.5 Å². The molecular weight excluding hydrogens is 518 g/mol. The second kappa shape index (κ2) is 11.2. The number of hydrogen-bond acceptors (Lipinski definition) is 9. The van der Waals surface area contributed by atoms with E-state index in [9.17, 15) is 8.42 Å². The predicted molar refractivity (Wildman–Crippen MR) is 139 cm³/mol. The molecule has 0 amide bonds. The standard InChI is InChI=1S/C25H26ClN5O5S/c1-16(24(36-4)18-12-11-17(26)14-28-18)37(32,33)15-22-29-30-25(19-8-5-6-13-27-19)31(22)23-20(34-2)9-7-10-21(23)35-3/h5-14,16,24H,15H2,1-4H3/t16-,24-/m1/s1. The number of methoxy groups -OCH3 is 3. The molecule has 4 aromatic rings. The molecule has 0 saturated carbocycles. The molecule has 3 heterocycles. The molecule has 2 atom stereocenters. The number of nitrogens with zero attached hydrogens (tertiary/aromatic N) is 5. The Balaban J connectivity index is 1.83. The Morgan fingerprint density at radius 1 is 0.946 bits per heavy atom. The zero-order chi connectivity index (χ0) is 26.6. The molecule has 10 nitrogen and oxygen atoms in total. The molecule has 37 heavy (non-hydrogen) atoms. The summed E-state index contributed by atoms with van der Waals surface area (Å²) in [5, 5.41) is 8.05. The predicted octanol–water partition coefficient (Wildman–Crippen LogP) is 4.09. The van der Waals surface area contributed by atoms with Gasteiger partial charge in [0.05, 0.1) is 30.2 Å². The molecule has 0 aliphatic rings. The van der Waals surface area contributed by atoms with E-state index in [2.05, 4.69) is 20.2 Å². The average Bonchev–Trinajstić information content (AvgIpc) is 3.32. The second-order valence-corrected chi connectivity index (χ2v) is 10.9. The van der Waals surface area contributed by atoms with Crippen LogP contribution in [-0.2, 0) is 20.3 Å². The summed E-state index contributed by atoms with van der Waals surface area (Å²) < 4.78 is 45.7. The van der Waals surface area contributed by atoms with Gasteiger partial charge >= 0.3 is 0 Å². The van der Waals surface area contributed by atoms with Gasteiger partial charge in [0.15, 0.2) is 21.5 Å². The maximum Gasteiger partial charge on any atom is 0.187 e. The largest absolute Gasteiger partial charge is 0.494 e. The van der Waals surface area contributed by atoms with Gasteiger partial charge in [-0.15, -0.1) is 10.2 Å². The van der Waals surface area contributed by atoms with E-state index in [4.69, 9.17) is 25.8 Å². The van der Waals surface area contributed by atoms with Crippen molar-refractivity contribution >= 4 is 21.4 Å². The highest BCUT2D eigenvalue weighted by Crippen LogP contribution is 2.37. The number of sulfone groups is 1. The van der Waals surface area contributed by atoms with Crippen molar-refractivity contribution < 1.29 is 22.6 Å². The van der Waals surface area contributed by atoms with Crippen molar-refractivity contribution in [3.8, 4) is 28.7 Å². The molecule has 1 aromatic carbocycles. The molecule has 0 N–H and O–H groups in total. The quantitative estimate of drug-likeness (QED) is 0.291. The first-order valence-corrected chi connectivity index (χ1v) is 13.3. The number of ether oxygens (including phenoxy) is 3. The van der Waals surface area contributed by atoms with Crippen LogP contribution in [0.2, 0.25) is 5.02 Å². The normalized spacial score (nSPS) is 13.2. The molecule has 0 radical (unpaired) electrons. The Bertz CT molecular complexity index is 1440. The summed E-state index contributed by atoms with van der Waals surface area (Å²) in [5.74, 6) is 0.951. The number of halogens is 1. The topological polar surface area (TPSA) is 118 Å². The third-order valence-electron chi connectivity index (χ3n) is 5.87. The zero-order valence-electron chi connectivity index (χ0n) is 20.7. The molecule has 0 saturated heterocycles. The number of benzene rings is 1. The van der Waals surface area contributed by atoms with Crippen molar-refractivity contribution in [2.45, 2.75) is 24.0 Å². The first-order chi connectivity index (χ1) is 17.8. The minimum absolute atomic E-state index is 0.161. The lowest BCUT2D eigenvalue weighted by atomic mass is 10.2. The van der Waals surface area contributed by atoms with E-state index >= 15 is 0 Å². The molecule has 0 aliphatic heterocycles. The van der Waals surface area contributed by atoms with Crippen molar-refractivity contribution in [1.82, 2.24) is 24.7 Å².